The molecule has 2 aromatic heterocycles. The van der Waals surface area contributed by atoms with E-state index in [9.17, 15) is 13.2 Å². The molecule has 2 aliphatic rings. The number of anilines is 1. The average Bonchev–Trinajstić information content (AvgIpc) is 3.44. The van der Waals surface area contributed by atoms with Crippen LogP contribution < -0.4 is 23.7 Å². The highest BCUT2D eigenvalue weighted by Gasteiger charge is 2.33. The molecule has 0 atom stereocenters. The molecule has 0 bridgehead atoms. The topological polar surface area (TPSA) is 164 Å². The first-order valence-corrected chi connectivity index (χ1v) is 14.5. The molecule has 40 heavy (non-hydrogen) atoms. The molecule has 1 amide bonds. The van der Waals surface area contributed by atoms with Gasteiger partial charge in [-0.1, -0.05) is 6.07 Å². The number of likely N-dealkylation sites (tertiary alicyclic amines) is 1. The SMILES string of the molecule is COC(=O)N1CCC(S(=O)(=O)Nc2ncnc(OCCOc3ncc(Br)cn3)c2-c2ccc3c(c2)OCO3)CC1. The number of aromatic nitrogens is 4. The van der Waals surface area contributed by atoms with E-state index in [0.29, 0.717) is 22.6 Å². The Bertz CT molecular complexity index is 1470. The van der Waals surface area contributed by atoms with E-state index < -0.39 is 21.4 Å². The van der Waals surface area contributed by atoms with Crippen molar-refractivity contribution in [3.63, 3.8) is 0 Å². The van der Waals surface area contributed by atoms with Crippen LogP contribution in [0.5, 0.6) is 23.4 Å². The summed E-state index contributed by atoms with van der Waals surface area (Å²) in [5.41, 5.74) is 0.867. The van der Waals surface area contributed by atoms with Crippen LogP contribution in [0.15, 0.2) is 41.4 Å². The summed E-state index contributed by atoms with van der Waals surface area (Å²) >= 11 is 3.26. The summed E-state index contributed by atoms with van der Waals surface area (Å²) in [5.74, 6) is 1.22. The number of hydrogen-bond acceptors (Lipinski definition) is 12. The minimum atomic E-state index is -3.89. The van der Waals surface area contributed by atoms with Crippen LogP contribution in [0.3, 0.4) is 0 Å². The zero-order valence-electron chi connectivity index (χ0n) is 21.3. The van der Waals surface area contributed by atoms with Gasteiger partial charge in [0.15, 0.2) is 17.3 Å². The number of amides is 1. The zero-order chi connectivity index (χ0) is 28.1. The number of rotatable bonds is 9. The fourth-order valence-corrected chi connectivity index (χ4v) is 5.84. The van der Waals surface area contributed by atoms with Crippen molar-refractivity contribution >= 4 is 37.9 Å². The lowest BCUT2D eigenvalue weighted by atomic mass is 10.1. The Hall–Kier alpha value is -3.92. The molecule has 0 radical (unpaired) electrons. The third kappa shape index (κ3) is 6.28. The van der Waals surface area contributed by atoms with Crippen molar-refractivity contribution in [2.75, 3.05) is 44.9 Å². The summed E-state index contributed by atoms with van der Waals surface area (Å²) in [6, 6.07) is 5.32. The van der Waals surface area contributed by atoms with E-state index in [2.05, 4.69) is 40.6 Å². The standard InChI is InChI=1S/C24H25BrN6O8S/c1-35-24(32)31-6-4-17(5-7-31)40(33,34)30-21-20(15-2-3-18-19(10-15)39-14-38-18)22(29-13-28-21)36-8-9-37-23-26-11-16(25)12-27-23/h2-3,10-13,17H,4-9,14H2,1H3,(H,28,29,30). The molecule has 212 valence electrons. The van der Waals surface area contributed by atoms with Gasteiger partial charge in [0, 0.05) is 25.5 Å². The Morgan fingerprint density at radius 1 is 1.07 bits per heavy atom. The molecule has 4 heterocycles. The maximum atomic E-state index is 13.4. The normalized spacial score (nSPS) is 15.0. The molecule has 0 spiro atoms. The quantitative estimate of drug-likeness (QED) is 0.342. The van der Waals surface area contributed by atoms with Crippen LogP contribution in [0.4, 0.5) is 10.6 Å². The summed E-state index contributed by atoms with van der Waals surface area (Å²) in [6.45, 7) is 0.756. The zero-order valence-corrected chi connectivity index (χ0v) is 23.7. The van der Waals surface area contributed by atoms with Gasteiger partial charge in [0.05, 0.1) is 22.4 Å². The van der Waals surface area contributed by atoms with Crippen LogP contribution in [-0.2, 0) is 14.8 Å². The van der Waals surface area contributed by atoms with E-state index in [-0.39, 0.29) is 63.6 Å². The van der Waals surface area contributed by atoms with Crippen molar-refractivity contribution < 1.29 is 36.9 Å². The smallest absolute Gasteiger partial charge is 0.409 e. The molecule has 5 rings (SSSR count). The maximum Gasteiger partial charge on any atom is 0.409 e. The fourth-order valence-electron chi connectivity index (χ4n) is 4.21. The Morgan fingerprint density at radius 3 is 2.55 bits per heavy atom. The van der Waals surface area contributed by atoms with E-state index in [1.807, 2.05) is 0 Å². The van der Waals surface area contributed by atoms with E-state index in [1.54, 1.807) is 30.6 Å². The van der Waals surface area contributed by atoms with Gasteiger partial charge in [0.1, 0.15) is 19.5 Å². The second kappa shape index (κ2) is 12.1. The summed E-state index contributed by atoms with van der Waals surface area (Å²) < 4.78 is 57.2. The van der Waals surface area contributed by atoms with Gasteiger partial charge < -0.3 is 28.6 Å². The predicted molar refractivity (Wildman–Crippen MR) is 144 cm³/mol. The molecule has 0 aliphatic carbocycles. The van der Waals surface area contributed by atoms with Crippen molar-refractivity contribution in [1.82, 2.24) is 24.8 Å². The molecule has 1 aromatic carbocycles. The van der Waals surface area contributed by atoms with Crippen molar-refractivity contribution in [2.24, 2.45) is 0 Å². The number of carbonyl (C=O) groups excluding carboxylic acids is 1. The third-order valence-electron chi connectivity index (χ3n) is 6.18. The van der Waals surface area contributed by atoms with Gasteiger partial charge in [-0.25, -0.2) is 33.1 Å². The number of hydrogen-bond donors (Lipinski definition) is 1. The molecular weight excluding hydrogens is 612 g/mol. The molecule has 16 heteroatoms. The first-order chi connectivity index (χ1) is 19.3. The van der Waals surface area contributed by atoms with Gasteiger partial charge in [-0.2, -0.15) is 0 Å². The Kier molecular flexibility index (Phi) is 8.35. The number of carbonyl (C=O) groups is 1. The van der Waals surface area contributed by atoms with Crippen molar-refractivity contribution in [2.45, 2.75) is 18.1 Å². The maximum absolute atomic E-state index is 13.4. The highest BCUT2D eigenvalue weighted by Crippen LogP contribution is 2.41. The number of ether oxygens (including phenoxy) is 5. The van der Waals surface area contributed by atoms with Crippen LogP contribution >= 0.6 is 15.9 Å². The lowest BCUT2D eigenvalue weighted by Crippen LogP contribution is -2.43. The molecule has 0 unspecified atom stereocenters. The fraction of sp³-hybridized carbons (Fsp3) is 0.375. The molecule has 1 saturated heterocycles. The second-order valence-electron chi connectivity index (χ2n) is 8.65. The van der Waals surface area contributed by atoms with Gasteiger partial charge in [-0.3, -0.25) is 4.72 Å². The summed E-state index contributed by atoms with van der Waals surface area (Å²) in [7, 11) is -2.60. The van der Waals surface area contributed by atoms with E-state index in [0.717, 1.165) is 4.47 Å². The predicted octanol–water partition coefficient (Wildman–Crippen LogP) is 2.86. The highest BCUT2D eigenvalue weighted by molar-refractivity contribution is 9.10. The molecular formula is C24H25BrN6O8S. The van der Waals surface area contributed by atoms with Crippen LogP contribution in [0.25, 0.3) is 11.1 Å². The monoisotopic (exact) mass is 636 g/mol. The molecule has 1 fully saturated rings. The Morgan fingerprint density at radius 2 is 1.80 bits per heavy atom. The van der Waals surface area contributed by atoms with E-state index in [1.165, 1.54) is 18.3 Å². The van der Waals surface area contributed by atoms with E-state index >= 15 is 0 Å². The number of nitrogens with zero attached hydrogens (tertiary/aromatic N) is 5. The van der Waals surface area contributed by atoms with Crippen molar-refractivity contribution in [1.29, 1.82) is 0 Å². The van der Waals surface area contributed by atoms with Crippen LogP contribution in [0.1, 0.15) is 12.8 Å². The van der Waals surface area contributed by atoms with Crippen molar-refractivity contribution in [3.05, 3.63) is 41.4 Å². The number of nitrogens with one attached hydrogen (secondary N) is 1. The first kappa shape index (κ1) is 27.6. The lowest BCUT2D eigenvalue weighted by Gasteiger charge is -2.30. The molecule has 3 aromatic rings. The van der Waals surface area contributed by atoms with Gasteiger partial charge >= 0.3 is 12.1 Å². The number of fused-ring (bicyclic) bond motifs is 1. The minimum Gasteiger partial charge on any atom is -0.473 e. The van der Waals surface area contributed by atoms with E-state index in [4.69, 9.17) is 23.7 Å². The molecule has 2 aliphatic heterocycles. The highest BCUT2D eigenvalue weighted by atomic mass is 79.9. The number of halogens is 1. The number of piperidine rings is 1. The number of sulfonamides is 1. The Balaban J connectivity index is 1.37. The molecule has 0 saturated carbocycles. The lowest BCUT2D eigenvalue weighted by molar-refractivity contribution is 0.115. The summed E-state index contributed by atoms with van der Waals surface area (Å²) in [6.07, 6.45) is 4.33. The van der Waals surface area contributed by atoms with Crippen LogP contribution in [0.2, 0.25) is 0 Å². The van der Waals surface area contributed by atoms with Crippen LogP contribution in [-0.4, -0.2) is 84.8 Å². The number of methoxy groups -OCH3 is 1. The first-order valence-electron chi connectivity index (χ1n) is 12.2. The van der Waals surface area contributed by atoms with Crippen LogP contribution in [0, 0.1) is 0 Å². The van der Waals surface area contributed by atoms with Crippen molar-refractivity contribution in [3.8, 4) is 34.5 Å². The third-order valence-corrected chi connectivity index (χ3v) is 8.41. The molecule has 14 nitrogen and oxygen atoms in total. The average molecular weight is 637 g/mol. The second-order valence-corrected chi connectivity index (χ2v) is 11.5. The van der Waals surface area contributed by atoms with Gasteiger partial charge in [-0.05, 0) is 46.5 Å². The minimum absolute atomic E-state index is 0.0384. The summed E-state index contributed by atoms with van der Waals surface area (Å²) in [5, 5.41) is -0.739. The van der Waals surface area contributed by atoms with Gasteiger partial charge in [0.2, 0.25) is 22.7 Å². The van der Waals surface area contributed by atoms with Gasteiger partial charge in [-0.15, -0.1) is 0 Å². The Labute approximate surface area is 238 Å². The molecule has 1 N–H and O–H groups in total. The van der Waals surface area contributed by atoms with Gasteiger partial charge in [0.25, 0.3) is 0 Å². The number of benzene rings is 1. The summed E-state index contributed by atoms with van der Waals surface area (Å²) in [4.78, 5) is 29.9. The largest absolute Gasteiger partial charge is 0.473 e.